The molecule has 1 saturated carbocycles. The average molecular weight is 142 g/mol. The standard InChI is InChI=1S/C8H14O2/c1-5-3-7(9)4-6(2)8(5)10/h6-10H,1,3-4H2,2H3. The summed E-state index contributed by atoms with van der Waals surface area (Å²) in [6.07, 6.45) is 0.570. The summed E-state index contributed by atoms with van der Waals surface area (Å²) in [4.78, 5) is 0. The molecule has 0 aromatic carbocycles. The quantitative estimate of drug-likeness (QED) is 0.489. The fraction of sp³-hybridized carbons (Fsp3) is 0.750. The third-order valence-corrected chi connectivity index (χ3v) is 2.10. The molecule has 10 heavy (non-hydrogen) atoms. The average Bonchev–Trinajstić information content (AvgIpc) is 1.82. The van der Waals surface area contributed by atoms with E-state index in [0.717, 1.165) is 5.57 Å². The third kappa shape index (κ3) is 1.39. The van der Waals surface area contributed by atoms with Crippen molar-refractivity contribution in [1.82, 2.24) is 0 Å². The minimum absolute atomic E-state index is 0.163. The van der Waals surface area contributed by atoms with Crippen LogP contribution in [0.25, 0.3) is 0 Å². The number of aliphatic hydroxyl groups excluding tert-OH is 2. The van der Waals surface area contributed by atoms with Crippen LogP contribution in [0, 0.1) is 5.92 Å². The molecule has 0 aliphatic heterocycles. The van der Waals surface area contributed by atoms with Crippen molar-refractivity contribution in [3.05, 3.63) is 12.2 Å². The highest BCUT2D eigenvalue weighted by Gasteiger charge is 2.27. The Morgan fingerprint density at radius 2 is 2.10 bits per heavy atom. The van der Waals surface area contributed by atoms with E-state index in [0.29, 0.717) is 12.8 Å². The van der Waals surface area contributed by atoms with E-state index < -0.39 is 6.10 Å². The summed E-state index contributed by atoms with van der Waals surface area (Å²) in [5, 5.41) is 18.5. The van der Waals surface area contributed by atoms with Crippen molar-refractivity contribution < 1.29 is 10.2 Å². The highest BCUT2D eigenvalue weighted by Crippen LogP contribution is 2.27. The van der Waals surface area contributed by atoms with Gasteiger partial charge in [-0.1, -0.05) is 13.5 Å². The lowest BCUT2D eigenvalue weighted by Crippen LogP contribution is -2.31. The van der Waals surface area contributed by atoms with Crippen molar-refractivity contribution in [3.8, 4) is 0 Å². The molecule has 0 heterocycles. The second-order valence-corrected chi connectivity index (χ2v) is 3.17. The summed E-state index contributed by atoms with van der Waals surface area (Å²) in [7, 11) is 0. The molecule has 0 saturated heterocycles. The third-order valence-electron chi connectivity index (χ3n) is 2.10. The molecular formula is C8H14O2. The summed E-state index contributed by atoms with van der Waals surface area (Å²) < 4.78 is 0. The lowest BCUT2D eigenvalue weighted by molar-refractivity contribution is 0.0531. The normalized spacial score (nSPS) is 41.9. The van der Waals surface area contributed by atoms with Crippen molar-refractivity contribution in [3.63, 3.8) is 0 Å². The van der Waals surface area contributed by atoms with E-state index in [9.17, 15) is 10.2 Å². The van der Waals surface area contributed by atoms with Gasteiger partial charge in [0.05, 0.1) is 12.2 Å². The fourth-order valence-corrected chi connectivity index (χ4v) is 1.47. The first kappa shape index (κ1) is 7.76. The van der Waals surface area contributed by atoms with Gasteiger partial charge in [0, 0.05) is 0 Å². The molecule has 3 unspecified atom stereocenters. The Hall–Kier alpha value is -0.340. The van der Waals surface area contributed by atoms with Crippen molar-refractivity contribution in [2.45, 2.75) is 32.0 Å². The number of rotatable bonds is 0. The van der Waals surface area contributed by atoms with E-state index in [2.05, 4.69) is 6.58 Å². The molecule has 2 heteroatoms. The molecule has 58 valence electrons. The summed E-state index contributed by atoms with van der Waals surface area (Å²) in [6.45, 7) is 5.61. The molecule has 0 spiro atoms. The predicted octanol–water partition coefficient (Wildman–Crippen LogP) is 0.694. The monoisotopic (exact) mass is 142 g/mol. The van der Waals surface area contributed by atoms with Gasteiger partial charge in [0.25, 0.3) is 0 Å². The number of aliphatic hydroxyl groups is 2. The van der Waals surface area contributed by atoms with Crippen LogP contribution in [0.2, 0.25) is 0 Å². The van der Waals surface area contributed by atoms with Crippen molar-refractivity contribution in [2.24, 2.45) is 5.92 Å². The van der Waals surface area contributed by atoms with Gasteiger partial charge >= 0.3 is 0 Å². The van der Waals surface area contributed by atoms with Crippen LogP contribution in [0.5, 0.6) is 0 Å². The SMILES string of the molecule is C=C1CC(O)CC(C)C1O. The van der Waals surface area contributed by atoms with Crippen molar-refractivity contribution >= 4 is 0 Å². The maximum Gasteiger partial charge on any atom is 0.0774 e. The molecule has 1 aliphatic rings. The largest absolute Gasteiger partial charge is 0.393 e. The van der Waals surface area contributed by atoms with Gasteiger partial charge in [-0.25, -0.2) is 0 Å². The van der Waals surface area contributed by atoms with E-state index in [1.807, 2.05) is 6.92 Å². The molecule has 2 nitrogen and oxygen atoms in total. The number of hydrogen-bond donors (Lipinski definition) is 2. The molecule has 1 rings (SSSR count). The summed E-state index contributed by atoms with van der Waals surface area (Å²) >= 11 is 0. The highest BCUT2D eigenvalue weighted by atomic mass is 16.3. The first-order valence-electron chi connectivity index (χ1n) is 3.65. The molecule has 0 radical (unpaired) electrons. The van der Waals surface area contributed by atoms with Crippen LogP contribution < -0.4 is 0 Å². The van der Waals surface area contributed by atoms with E-state index >= 15 is 0 Å². The van der Waals surface area contributed by atoms with Gasteiger partial charge in [-0.2, -0.15) is 0 Å². The first-order chi connectivity index (χ1) is 4.61. The van der Waals surface area contributed by atoms with Gasteiger partial charge in [0.1, 0.15) is 0 Å². The van der Waals surface area contributed by atoms with Crippen molar-refractivity contribution in [1.29, 1.82) is 0 Å². The minimum Gasteiger partial charge on any atom is -0.393 e. The molecule has 2 N–H and O–H groups in total. The van der Waals surface area contributed by atoms with Gasteiger partial charge in [-0.05, 0) is 24.3 Å². The van der Waals surface area contributed by atoms with Crippen LogP contribution in [0.15, 0.2) is 12.2 Å². The van der Waals surface area contributed by atoms with Gasteiger partial charge in [0.15, 0.2) is 0 Å². The van der Waals surface area contributed by atoms with E-state index in [4.69, 9.17) is 0 Å². The Morgan fingerprint density at radius 3 is 2.60 bits per heavy atom. The molecule has 1 fully saturated rings. The Bertz CT molecular complexity index is 142. The Labute approximate surface area is 61.2 Å². The summed E-state index contributed by atoms with van der Waals surface area (Å²) in [5.74, 6) is 0.163. The van der Waals surface area contributed by atoms with Crippen LogP contribution in [0.4, 0.5) is 0 Å². The molecule has 0 bridgehead atoms. The molecule has 0 aromatic rings. The molecule has 1 aliphatic carbocycles. The molecule has 0 amide bonds. The van der Waals surface area contributed by atoms with E-state index in [-0.39, 0.29) is 12.0 Å². The van der Waals surface area contributed by atoms with Gasteiger partial charge in [-0.3, -0.25) is 0 Å². The smallest absolute Gasteiger partial charge is 0.0774 e. The van der Waals surface area contributed by atoms with E-state index in [1.165, 1.54) is 0 Å². The Balaban J connectivity index is 2.57. The zero-order chi connectivity index (χ0) is 7.72. The second kappa shape index (κ2) is 2.72. The summed E-state index contributed by atoms with van der Waals surface area (Å²) in [6, 6.07) is 0. The lowest BCUT2D eigenvalue weighted by Gasteiger charge is -2.29. The maximum absolute atomic E-state index is 9.35. The van der Waals surface area contributed by atoms with Crippen LogP contribution in [-0.4, -0.2) is 22.4 Å². The lowest BCUT2D eigenvalue weighted by atomic mass is 9.83. The maximum atomic E-state index is 9.35. The second-order valence-electron chi connectivity index (χ2n) is 3.17. The number of hydrogen-bond acceptors (Lipinski definition) is 2. The highest BCUT2D eigenvalue weighted by molar-refractivity contribution is 5.08. The first-order valence-corrected chi connectivity index (χ1v) is 3.65. The minimum atomic E-state index is -0.400. The Kier molecular flexibility index (Phi) is 2.11. The molecule has 3 atom stereocenters. The van der Waals surface area contributed by atoms with E-state index in [1.54, 1.807) is 0 Å². The summed E-state index contributed by atoms with van der Waals surface area (Å²) in [5.41, 5.74) is 0.770. The molecular weight excluding hydrogens is 128 g/mol. The van der Waals surface area contributed by atoms with Gasteiger partial charge in [-0.15, -0.1) is 0 Å². The molecule has 0 aromatic heterocycles. The van der Waals surface area contributed by atoms with Crippen molar-refractivity contribution in [2.75, 3.05) is 0 Å². The fourth-order valence-electron chi connectivity index (χ4n) is 1.47. The Morgan fingerprint density at radius 1 is 1.50 bits per heavy atom. The van der Waals surface area contributed by atoms with Gasteiger partial charge < -0.3 is 10.2 Å². The predicted molar refractivity (Wildman–Crippen MR) is 39.6 cm³/mol. The van der Waals surface area contributed by atoms with Crippen LogP contribution in [-0.2, 0) is 0 Å². The zero-order valence-corrected chi connectivity index (χ0v) is 6.25. The zero-order valence-electron chi connectivity index (χ0n) is 6.25. The van der Waals surface area contributed by atoms with Crippen LogP contribution in [0.1, 0.15) is 19.8 Å². The van der Waals surface area contributed by atoms with Crippen LogP contribution in [0.3, 0.4) is 0 Å². The van der Waals surface area contributed by atoms with Crippen LogP contribution >= 0.6 is 0 Å². The topological polar surface area (TPSA) is 40.5 Å². The van der Waals surface area contributed by atoms with Gasteiger partial charge in [0.2, 0.25) is 0 Å².